The Labute approximate surface area is 118 Å². The van der Waals surface area contributed by atoms with Crippen LogP contribution in [-0.2, 0) is 6.54 Å². The number of rotatable bonds is 4. The first-order chi connectivity index (χ1) is 9.09. The predicted octanol–water partition coefficient (Wildman–Crippen LogP) is 2.57. The molecule has 0 aliphatic rings. The quantitative estimate of drug-likeness (QED) is 0.939. The molecule has 2 rings (SSSR count). The molecule has 19 heavy (non-hydrogen) atoms. The summed E-state index contributed by atoms with van der Waals surface area (Å²) in [5.41, 5.74) is 0.945. The molecule has 1 N–H and O–H groups in total. The lowest BCUT2D eigenvalue weighted by atomic mass is 10.3. The fourth-order valence-corrected chi connectivity index (χ4v) is 1.95. The van der Waals surface area contributed by atoms with E-state index < -0.39 is 0 Å². The molecule has 2 aromatic rings. The third-order valence-electron chi connectivity index (χ3n) is 2.70. The summed E-state index contributed by atoms with van der Waals surface area (Å²) in [7, 11) is 0. The Morgan fingerprint density at radius 1 is 1.42 bits per heavy atom. The lowest BCUT2D eigenvalue weighted by Gasteiger charge is -2.09. The number of hydrogen-bond acceptors (Lipinski definition) is 3. The van der Waals surface area contributed by atoms with Crippen molar-refractivity contribution in [3.05, 3.63) is 56.9 Å². The second-order valence-electron chi connectivity index (χ2n) is 4.05. The Morgan fingerprint density at radius 3 is 2.89 bits per heavy atom. The van der Waals surface area contributed by atoms with Crippen LogP contribution in [0.4, 0.5) is 10.1 Å². The monoisotopic (exact) mass is 325 g/mol. The van der Waals surface area contributed by atoms with Crippen LogP contribution in [0.1, 0.15) is 5.69 Å². The fourth-order valence-electron chi connectivity index (χ4n) is 1.62. The number of nitrogens with one attached hydrogen (secondary N) is 1. The van der Waals surface area contributed by atoms with Crippen LogP contribution in [0.5, 0.6) is 0 Å². The number of benzene rings is 1. The topological polar surface area (TPSA) is 46.9 Å². The van der Waals surface area contributed by atoms with Crippen LogP contribution < -0.4 is 10.9 Å². The van der Waals surface area contributed by atoms with E-state index >= 15 is 0 Å². The Balaban J connectivity index is 2.03. The summed E-state index contributed by atoms with van der Waals surface area (Å²) in [6, 6.07) is 6.42. The van der Waals surface area contributed by atoms with E-state index in [-0.39, 0.29) is 11.4 Å². The van der Waals surface area contributed by atoms with Gasteiger partial charge in [-0.15, -0.1) is 0 Å². The molecule has 0 fully saturated rings. The van der Waals surface area contributed by atoms with Gasteiger partial charge in [-0.25, -0.2) is 9.37 Å². The van der Waals surface area contributed by atoms with Crippen molar-refractivity contribution < 1.29 is 4.39 Å². The van der Waals surface area contributed by atoms with E-state index in [0.717, 1.165) is 0 Å². The number of hydrogen-bond donors (Lipinski definition) is 1. The molecule has 6 heteroatoms. The van der Waals surface area contributed by atoms with Crippen molar-refractivity contribution in [2.75, 3.05) is 11.9 Å². The number of aromatic nitrogens is 2. The van der Waals surface area contributed by atoms with Gasteiger partial charge in [0, 0.05) is 13.1 Å². The number of halogens is 2. The lowest BCUT2D eigenvalue weighted by Crippen LogP contribution is -2.25. The minimum absolute atomic E-state index is 0.136. The first-order valence-corrected chi connectivity index (χ1v) is 6.59. The normalized spacial score (nSPS) is 10.5. The standard InChI is InChI=1S/C13H13BrFN3O/c1-9-12(14)13(19)18(8-17-9)7-6-16-11-5-3-2-4-10(11)15/h2-5,8,16H,6-7H2,1H3. The highest BCUT2D eigenvalue weighted by atomic mass is 79.9. The Bertz CT molecular complexity index is 642. The number of aryl methyl sites for hydroxylation is 1. The zero-order valence-electron chi connectivity index (χ0n) is 10.4. The van der Waals surface area contributed by atoms with Crippen LogP contribution in [0.25, 0.3) is 0 Å². The molecule has 0 unspecified atom stereocenters. The van der Waals surface area contributed by atoms with Gasteiger partial charge in [0.1, 0.15) is 10.3 Å². The number of nitrogens with zero attached hydrogens (tertiary/aromatic N) is 2. The van der Waals surface area contributed by atoms with Crippen molar-refractivity contribution in [2.45, 2.75) is 13.5 Å². The van der Waals surface area contributed by atoms with E-state index in [1.54, 1.807) is 25.1 Å². The first kappa shape index (κ1) is 13.7. The third kappa shape index (κ3) is 3.20. The zero-order valence-corrected chi connectivity index (χ0v) is 11.9. The van der Waals surface area contributed by atoms with E-state index in [4.69, 9.17) is 0 Å². The van der Waals surface area contributed by atoms with E-state index in [1.165, 1.54) is 17.0 Å². The van der Waals surface area contributed by atoms with Crippen molar-refractivity contribution in [3.63, 3.8) is 0 Å². The van der Waals surface area contributed by atoms with Crippen LogP contribution in [0, 0.1) is 12.7 Å². The molecular weight excluding hydrogens is 313 g/mol. The van der Waals surface area contributed by atoms with Crippen LogP contribution in [-0.4, -0.2) is 16.1 Å². The van der Waals surface area contributed by atoms with Crippen molar-refractivity contribution in [1.29, 1.82) is 0 Å². The van der Waals surface area contributed by atoms with Gasteiger partial charge in [-0.1, -0.05) is 12.1 Å². The van der Waals surface area contributed by atoms with Crippen LogP contribution in [0.15, 0.2) is 39.9 Å². The van der Waals surface area contributed by atoms with E-state index in [1.807, 2.05) is 0 Å². The van der Waals surface area contributed by atoms with Crippen LogP contribution >= 0.6 is 15.9 Å². The van der Waals surface area contributed by atoms with E-state index in [9.17, 15) is 9.18 Å². The fraction of sp³-hybridized carbons (Fsp3) is 0.231. The number of anilines is 1. The highest BCUT2D eigenvalue weighted by Crippen LogP contribution is 2.11. The van der Waals surface area contributed by atoms with Gasteiger partial charge in [0.2, 0.25) is 0 Å². The Morgan fingerprint density at radius 2 is 2.16 bits per heavy atom. The van der Waals surface area contributed by atoms with Crippen LogP contribution in [0.3, 0.4) is 0 Å². The predicted molar refractivity (Wildman–Crippen MR) is 75.8 cm³/mol. The van der Waals surface area contributed by atoms with Gasteiger partial charge < -0.3 is 5.32 Å². The summed E-state index contributed by atoms with van der Waals surface area (Å²) in [6.45, 7) is 2.62. The van der Waals surface area contributed by atoms with Gasteiger partial charge in [-0.05, 0) is 35.0 Å². The maximum Gasteiger partial charge on any atom is 0.267 e. The van der Waals surface area contributed by atoms with Gasteiger partial charge >= 0.3 is 0 Å². The smallest absolute Gasteiger partial charge is 0.267 e. The number of para-hydroxylation sites is 1. The van der Waals surface area contributed by atoms with Crippen molar-refractivity contribution in [3.8, 4) is 0 Å². The maximum atomic E-state index is 13.4. The van der Waals surface area contributed by atoms with Crippen molar-refractivity contribution in [2.24, 2.45) is 0 Å². The summed E-state index contributed by atoms with van der Waals surface area (Å²) in [5, 5.41) is 2.94. The highest BCUT2D eigenvalue weighted by molar-refractivity contribution is 9.10. The Hall–Kier alpha value is -1.69. The van der Waals surface area contributed by atoms with Crippen molar-refractivity contribution >= 4 is 21.6 Å². The van der Waals surface area contributed by atoms with Gasteiger partial charge in [0.05, 0.1) is 17.7 Å². The largest absolute Gasteiger partial charge is 0.381 e. The molecule has 1 aromatic carbocycles. The average Bonchev–Trinajstić information content (AvgIpc) is 2.41. The van der Waals surface area contributed by atoms with E-state index in [0.29, 0.717) is 28.9 Å². The van der Waals surface area contributed by atoms with Crippen LogP contribution in [0.2, 0.25) is 0 Å². The molecule has 0 spiro atoms. The minimum Gasteiger partial charge on any atom is -0.381 e. The molecule has 1 aromatic heterocycles. The zero-order chi connectivity index (χ0) is 13.8. The second-order valence-corrected chi connectivity index (χ2v) is 4.84. The highest BCUT2D eigenvalue weighted by Gasteiger charge is 2.05. The molecule has 0 radical (unpaired) electrons. The molecule has 4 nitrogen and oxygen atoms in total. The lowest BCUT2D eigenvalue weighted by molar-refractivity contribution is 0.625. The van der Waals surface area contributed by atoms with Gasteiger partial charge in [0.25, 0.3) is 5.56 Å². The molecule has 1 heterocycles. The molecule has 0 saturated carbocycles. The Kier molecular flexibility index (Phi) is 4.31. The summed E-state index contributed by atoms with van der Waals surface area (Å²) in [4.78, 5) is 16.0. The van der Waals surface area contributed by atoms with Crippen molar-refractivity contribution in [1.82, 2.24) is 9.55 Å². The molecule has 0 aliphatic carbocycles. The van der Waals surface area contributed by atoms with Gasteiger partial charge in [-0.3, -0.25) is 9.36 Å². The third-order valence-corrected chi connectivity index (χ3v) is 3.61. The maximum absolute atomic E-state index is 13.4. The molecule has 0 aliphatic heterocycles. The average molecular weight is 326 g/mol. The molecule has 0 amide bonds. The molecule has 0 atom stereocenters. The second kappa shape index (κ2) is 5.97. The summed E-state index contributed by atoms with van der Waals surface area (Å²) in [5.74, 6) is -0.307. The minimum atomic E-state index is -0.307. The molecule has 100 valence electrons. The molecule has 0 saturated heterocycles. The first-order valence-electron chi connectivity index (χ1n) is 5.79. The van der Waals surface area contributed by atoms with Gasteiger partial charge in [0.15, 0.2) is 0 Å². The van der Waals surface area contributed by atoms with E-state index in [2.05, 4.69) is 26.2 Å². The summed E-state index contributed by atoms with van der Waals surface area (Å²) < 4.78 is 15.3. The SMILES string of the molecule is Cc1ncn(CCNc2ccccc2F)c(=O)c1Br. The summed E-state index contributed by atoms with van der Waals surface area (Å²) in [6.07, 6.45) is 1.49. The summed E-state index contributed by atoms with van der Waals surface area (Å²) >= 11 is 3.20. The molecule has 0 bridgehead atoms. The molecular formula is C13H13BrFN3O. The van der Waals surface area contributed by atoms with Gasteiger partial charge in [-0.2, -0.15) is 0 Å².